The quantitative estimate of drug-likeness (QED) is 0.616. The van der Waals surface area contributed by atoms with E-state index >= 15 is 0 Å². The number of hydrogen-bond acceptors (Lipinski definition) is 4. The van der Waals surface area contributed by atoms with Gasteiger partial charge in [0.05, 0.1) is 5.56 Å². The van der Waals surface area contributed by atoms with Gasteiger partial charge < -0.3 is 15.5 Å². The standard InChI is InChI=1S/C22H21ClN4O/c23-17-4-3-5-19(14-17)25-21-11-6-16(15-24-21)22(28)26-18-7-9-20(10-8-18)27-12-1-2-13-27/h3-11,14-15H,1-2,12-13H2,(H,24,25)(H,26,28). The first kappa shape index (κ1) is 18.3. The number of amides is 1. The van der Waals surface area contributed by atoms with Crippen LogP contribution in [0.1, 0.15) is 23.2 Å². The van der Waals surface area contributed by atoms with Gasteiger partial charge in [0.15, 0.2) is 0 Å². The van der Waals surface area contributed by atoms with Gasteiger partial charge in [0.1, 0.15) is 5.82 Å². The molecule has 0 radical (unpaired) electrons. The highest BCUT2D eigenvalue weighted by Crippen LogP contribution is 2.23. The van der Waals surface area contributed by atoms with Crippen LogP contribution >= 0.6 is 11.6 Å². The summed E-state index contributed by atoms with van der Waals surface area (Å²) in [6.45, 7) is 2.21. The summed E-state index contributed by atoms with van der Waals surface area (Å²) in [5.74, 6) is 0.463. The first-order valence-electron chi connectivity index (χ1n) is 9.32. The number of benzene rings is 2. The summed E-state index contributed by atoms with van der Waals surface area (Å²) >= 11 is 5.99. The van der Waals surface area contributed by atoms with Crippen LogP contribution in [0.15, 0.2) is 66.9 Å². The van der Waals surface area contributed by atoms with Crippen molar-refractivity contribution in [3.05, 3.63) is 77.4 Å². The van der Waals surface area contributed by atoms with Crippen molar-refractivity contribution in [3.63, 3.8) is 0 Å². The van der Waals surface area contributed by atoms with Crippen molar-refractivity contribution >= 4 is 40.4 Å². The number of nitrogens with one attached hydrogen (secondary N) is 2. The summed E-state index contributed by atoms with van der Waals surface area (Å²) in [5, 5.41) is 6.73. The third-order valence-corrected chi connectivity index (χ3v) is 4.95. The fourth-order valence-corrected chi connectivity index (χ4v) is 3.44. The zero-order valence-corrected chi connectivity index (χ0v) is 16.1. The van der Waals surface area contributed by atoms with E-state index in [0.717, 1.165) is 24.5 Å². The normalized spacial score (nSPS) is 13.4. The molecule has 0 unspecified atom stereocenters. The maximum Gasteiger partial charge on any atom is 0.257 e. The number of anilines is 4. The predicted octanol–water partition coefficient (Wildman–Crippen LogP) is 5.33. The van der Waals surface area contributed by atoms with Crippen molar-refractivity contribution in [1.29, 1.82) is 0 Å². The Balaban J connectivity index is 1.38. The Bertz CT molecular complexity index is 951. The van der Waals surface area contributed by atoms with Crippen LogP contribution < -0.4 is 15.5 Å². The lowest BCUT2D eigenvalue weighted by atomic mass is 10.2. The van der Waals surface area contributed by atoms with E-state index in [-0.39, 0.29) is 5.91 Å². The number of rotatable bonds is 5. The van der Waals surface area contributed by atoms with E-state index < -0.39 is 0 Å². The topological polar surface area (TPSA) is 57.3 Å². The maximum atomic E-state index is 12.5. The predicted molar refractivity (Wildman–Crippen MR) is 115 cm³/mol. The summed E-state index contributed by atoms with van der Waals surface area (Å²) in [6.07, 6.45) is 4.04. The minimum Gasteiger partial charge on any atom is -0.372 e. The molecule has 0 aliphatic carbocycles. The number of pyridine rings is 1. The van der Waals surface area contributed by atoms with Gasteiger partial charge >= 0.3 is 0 Å². The Labute approximate surface area is 169 Å². The molecule has 1 aliphatic heterocycles. The van der Waals surface area contributed by atoms with Crippen molar-refractivity contribution in [2.75, 3.05) is 28.6 Å². The molecule has 5 nitrogen and oxygen atoms in total. The molecular weight excluding hydrogens is 372 g/mol. The third-order valence-electron chi connectivity index (χ3n) is 4.72. The lowest BCUT2D eigenvalue weighted by Gasteiger charge is -2.17. The minimum atomic E-state index is -0.185. The molecule has 0 spiro atoms. The first-order valence-corrected chi connectivity index (χ1v) is 9.70. The second-order valence-electron chi connectivity index (χ2n) is 6.76. The van der Waals surface area contributed by atoms with Crippen LogP contribution in [0.3, 0.4) is 0 Å². The third kappa shape index (κ3) is 4.43. The fourth-order valence-electron chi connectivity index (χ4n) is 3.25. The van der Waals surface area contributed by atoms with Crippen molar-refractivity contribution in [2.24, 2.45) is 0 Å². The molecule has 1 amide bonds. The van der Waals surface area contributed by atoms with Gasteiger partial charge in [0.2, 0.25) is 0 Å². The van der Waals surface area contributed by atoms with Gasteiger partial charge in [-0.1, -0.05) is 17.7 Å². The van der Waals surface area contributed by atoms with Gasteiger partial charge in [-0.25, -0.2) is 4.98 Å². The van der Waals surface area contributed by atoms with Gasteiger partial charge in [-0.15, -0.1) is 0 Å². The van der Waals surface area contributed by atoms with Crippen LogP contribution in [-0.4, -0.2) is 24.0 Å². The SMILES string of the molecule is O=C(Nc1ccc(N2CCCC2)cc1)c1ccc(Nc2cccc(Cl)c2)nc1. The Morgan fingerprint density at radius 1 is 0.964 bits per heavy atom. The highest BCUT2D eigenvalue weighted by Gasteiger charge is 2.12. The molecule has 1 aliphatic rings. The highest BCUT2D eigenvalue weighted by molar-refractivity contribution is 6.30. The maximum absolute atomic E-state index is 12.5. The fraction of sp³-hybridized carbons (Fsp3) is 0.182. The number of halogens is 1. The van der Waals surface area contributed by atoms with E-state index in [2.05, 4.69) is 32.7 Å². The highest BCUT2D eigenvalue weighted by atomic mass is 35.5. The lowest BCUT2D eigenvalue weighted by molar-refractivity contribution is 0.102. The molecule has 0 bridgehead atoms. The van der Waals surface area contributed by atoms with E-state index in [1.165, 1.54) is 18.5 Å². The van der Waals surface area contributed by atoms with E-state index in [1.807, 2.05) is 36.4 Å². The van der Waals surface area contributed by atoms with Crippen molar-refractivity contribution in [1.82, 2.24) is 4.98 Å². The number of nitrogens with zero attached hydrogens (tertiary/aromatic N) is 2. The average molecular weight is 393 g/mol. The van der Waals surface area contributed by atoms with Gasteiger partial charge in [-0.3, -0.25) is 4.79 Å². The van der Waals surface area contributed by atoms with E-state index in [0.29, 0.717) is 16.4 Å². The molecule has 2 aromatic carbocycles. The molecule has 1 fully saturated rings. The van der Waals surface area contributed by atoms with Gasteiger partial charge in [0.25, 0.3) is 5.91 Å². The van der Waals surface area contributed by atoms with Gasteiger partial charge in [-0.05, 0) is 67.4 Å². The minimum absolute atomic E-state index is 0.185. The zero-order chi connectivity index (χ0) is 19.3. The molecule has 1 saturated heterocycles. The zero-order valence-electron chi connectivity index (χ0n) is 15.4. The molecule has 2 N–H and O–H groups in total. The number of aromatic nitrogens is 1. The molecule has 6 heteroatoms. The van der Waals surface area contributed by atoms with E-state index in [1.54, 1.807) is 18.3 Å². The van der Waals surface area contributed by atoms with Crippen molar-refractivity contribution < 1.29 is 4.79 Å². The van der Waals surface area contributed by atoms with E-state index in [4.69, 9.17) is 11.6 Å². The summed E-state index contributed by atoms with van der Waals surface area (Å²) in [4.78, 5) is 19.1. The number of carbonyl (C=O) groups is 1. The monoisotopic (exact) mass is 392 g/mol. The molecule has 3 aromatic rings. The number of hydrogen-bond donors (Lipinski definition) is 2. The Kier molecular flexibility index (Phi) is 5.44. The first-order chi connectivity index (χ1) is 13.7. The van der Waals surface area contributed by atoms with Crippen LogP contribution in [0.2, 0.25) is 5.02 Å². The van der Waals surface area contributed by atoms with E-state index in [9.17, 15) is 4.79 Å². The Morgan fingerprint density at radius 2 is 1.75 bits per heavy atom. The Morgan fingerprint density at radius 3 is 2.43 bits per heavy atom. The largest absolute Gasteiger partial charge is 0.372 e. The molecule has 28 heavy (non-hydrogen) atoms. The van der Waals surface area contributed by atoms with Crippen molar-refractivity contribution in [2.45, 2.75) is 12.8 Å². The molecular formula is C22H21ClN4O. The molecule has 142 valence electrons. The summed E-state index contributed by atoms with van der Waals surface area (Å²) < 4.78 is 0. The molecule has 0 atom stereocenters. The van der Waals surface area contributed by atoms with Crippen LogP contribution in [0.4, 0.5) is 22.9 Å². The van der Waals surface area contributed by atoms with Gasteiger partial charge in [-0.2, -0.15) is 0 Å². The van der Waals surface area contributed by atoms with Crippen LogP contribution in [0.25, 0.3) is 0 Å². The van der Waals surface area contributed by atoms with Crippen LogP contribution in [0, 0.1) is 0 Å². The second-order valence-corrected chi connectivity index (χ2v) is 7.20. The molecule has 0 saturated carbocycles. The molecule has 4 rings (SSSR count). The molecule has 1 aromatic heterocycles. The lowest BCUT2D eigenvalue weighted by Crippen LogP contribution is -2.17. The van der Waals surface area contributed by atoms with Gasteiger partial charge in [0, 0.05) is 41.4 Å². The number of carbonyl (C=O) groups excluding carboxylic acids is 1. The van der Waals surface area contributed by atoms with Crippen LogP contribution in [-0.2, 0) is 0 Å². The van der Waals surface area contributed by atoms with Crippen LogP contribution in [0.5, 0.6) is 0 Å². The summed E-state index contributed by atoms with van der Waals surface area (Å²) in [5.41, 5.74) is 3.32. The Hall–Kier alpha value is -3.05. The summed E-state index contributed by atoms with van der Waals surface area (Å²) in [7, 11) is 0. The second kappa shape index (κ2) is 8.31. The summed E-state index contributed by atoms with van der Waals surface area (Å²) in [6, 6.07) is 18.9. The average Bonchev–Trinajstić information content (AvgIpc) is 3.24. The smallest absolute Gasteiger partial charge is 0.257 e. The molecule has 2 heterocycles. The van der Waals surface area contributed by atoms with Crippen molar-refractivity contribution in [3.8, 4) is 0 Å².